The van der Waals surface area contributed by atoms with Crippen LogP contribution in [0.1, 0.15) is 18.9 Å². The van der Waals surface area contributed by atoms with Gasteiger partial charge in [-0.15, -0.1) is 0 Å². The van der Waals surface area contributed by atoms with Crippen molar-refractivity contribution in [2.24, 2.45) is 0 Å². The fourth-order valence-electron chi connectivity index (χ4n) is 2.59. The highest BCUT2D eigenvalue weighted by Crippen LogP contribution is 2.37. The average molecular weight is 411 g/mol. The molecule has 2 aromatic rings. The molecule has 134 valence electrons. The summed E-state index contributed by atoms with van der Waals surface area (Å²) in [6.07, 6.45) is 0.892. The Labute approximate surface area is 165 Å². The molecule has 0 N–H and O–H groups in total. The molecule has 1 aliphatic rings. The summed E-state index contributed by atoms with van der Waals surface area (Å²) in [5.41, 5.74) is 0.941. The molecule has 1 heterocycles. The second-order valence-electron chi connectivity index (χ2n) is 5.64. The van der Waals surface area contributed by atoms with Gasteiger partial charge < -0.3 is 4.74 Å². The van der Waals surface area contributed by atoms with E-state index in [0.29, 0.717) is 28.0 Å². The molecular weight excluding hydrogens is 397 g/mol. The highest BCUT2D eigenvalue weighted by Gasteiger charge is 2.39. The topological polar surface area (TPSA) is 46.6 Å². The predicted molar refractivity (Wildman–Crippen MR) is 104 cm³/mol. The van der Waals surface area contributed by atoms with Crippen LogP contribution >= 0.6 is 34.8 Å². The van der Waals surface area contributed by atoms with E-state index in [1.807, 2.05) is 6.92 Å². The molecule has 0 fully saturated rings. The van der Waals surface area contributed by atoms with Crippen LogP contribution in [0.4, 0.5) is 5.69 Å². The largest absolute Gasteiger partial charge is 0.494 e. The van der Waals surface area contributed by atoms with Gasteiger partial charge in [-0.1, -0.05) is 53.9 Å². The summed E-state index contributed by atoms with van der Waals surface area (Å²) in [5, 5.41) is 0.485. The summed E-state index contributed by atoms with van der Waals surface area (Å²) in [6, 6.07) is 11.3. The number of hydrogen-bond acceptors (Lipinski definition) is 3. The monoisotopic (exact) mass is 409 g/mol. The van der Waals surface area contributed by atoms with E-state index >= 15 is 0 Å². The highest BCUT2D eigenvalue weighted by molar-refractivity contribution is 6.60. The van der Waals surface area contributed by atoms with E-state index in [1.165, 1.54) is 18.2 Å². The maximum Gasteiger partial charge on any atom is 0.277 e. The van der Waals surface area contributed by atoms with Crippen molar-refractivity contribution in [2.75, 3.05) is 11.5 Å². The van der Waals surface area contributed by atoms with Crippen molar-refractivity contribution in [2.45, 2.75) is 13.3 Å². The van der Waals surface area contributed by atoms with E-state index in [1.54, 1.807) is 24.3 Å². The first-order valence-corrected chi connectivity index (χ1v) is 9.03. The lowest BCUT2D eigenvalue weighted by Gasteiger charge is -2.15. The Morgan fingerprint density at radius 2 is 1.54 bits per heavy atom. The van der Waals surface area contributed by atoms with E-state index in [4.69, 9.17) is 39.5 Å². The summed E-state index contributed by atoms with van der Waals surface area (Å²) in [4.78, 5) is 26.4. The number of carbonyl (C=O) groups excluding carboxylic acids is 2. The maximum atomic E-state index is 12.9. The second-order valence-corrected chi connectivity index (χ2v) is 6.89. The van der Waals surface area contributed by atoms with E-state index < -0.39 is 11.8 Å². The van der Waals surface area contributed by atoms with Crippen molar-refractivity contribution in [3.63, 3.8) is 0 Å². The number of benzene rings is 2. The number of imide groups is 1. The van der Waals surface area contributed by atoms with Crippen molar-refractivity contribution >= 4 is 57.9 Å². The van der Waals surface area contributed by atoms with Crippen molar-refractivity contribution in [1.82, 2.24) is 0 Å². The third kappa shape index (κ3) is 3.58. The quantitative estimate of drug-likeness (QED) is 0.628. The third-order valence-corrected chi connectivity index (χ3v) is 4.54. The van der Waals surface area contributed by atoms with Gasteiger partial charge >= 0.3 is 0 Å². The maximum absolute atomic E-state index is 12.9. The number of carbonyl (C=O) groups is 2. The van der Waals surface area contributed by atoms with Crippen molar-refractivity contribution < 1.29 is 14.3 Å². The molecule has 0 saturated heterocycles. The van der Waals surface area contributed by atoms with E-state index in [2.05, 4.69) is 0 Å². The third-order valence-electron chi connectivity index (χ3n) is 3.75. The van der Waals surface area contributed by atoms with Gasteiger partial charge in [0, 0.05) is 10.0 Å². The molecule has 2 amide bonds. The van der Waals surface area contributed by atoms with Gasteiger partial charge in [0.2, 0.25) is 0 Å². The van der Waals surface area contributed by atoms with Crippen LogP contribution in [0.2, 0.25) is 10.0 Å². The Balaban J connectivity index is 1.94. The summed E-state index contributed by atoms with van der Waals surface area (Å²) in [6.45, 7) is 2.61. The molecule has 7 heteroatoms. The lowest BCUT2D eigenvalue weighted by Crippen LogP contribution is -2.31. The molecule has 2 aromatic carbocycles. The minimum atomic E-state index is -0.615. The summed E-state index contributed by atoms with van der Waals surface area (Å²) in [5.74, 6) is -0.459. The highest BCUT2D eigenvalue weighted by atomic mass is 35.5. The van der Waals surface area contributed by atoms with Crippen LogP contribution in [-0.2, 0) is 9.59 Å². The number of nitrogens with zero attached hydrogens (tertiary/aromatic N) is 1. The minimum Gasteiger partial charge on any atom is -0.494 e. The number of halogens is 3. The van der Waals surface area contributed by atoms with Gasteiger partial charge in [-0.2, -0.15) is 0 Å². The Kier molecular flexibility index (Phi) is 5.56. The smallest absolute Gasteiger partial charge is 0.277 e. The van der Waals surface area contributed by atoms with Gasteiger partial charge in [0.15, 0.2) is 0 Å². The predicted octanol–water partition coefficient (Wildman–Crippen LogP) is 5.31. The number of ether oxygens (including phenoxy) is 1. The van der Waals surface area contributed by atoms with Crippen LogP contribution < -0.4 is 9.64 Å². The van der Waals surface area contributed by atoms with E-state index in [9.17, 15) is 9.59 Å². The first-order valence-electron chi connectivity index (χ1n) is 7.90. The number of hydrogen-bond donors (Lipinski definition) is 0. The molecule has 0 aromatic heterocycles. The summed E-state index contributed by atoms with van der Waals surface area (Å²) in [7, 11) is 0. The minimum absolute atomic E-state index is 0.134. The zero-order valence-electron chi connectivity index (χ0n) is 13.8. The molecule has 3 rings (SSSR count). The van der Waals surface area contributed by atoms with Gasteiger partial charge in [0.05, 0.1) is 17.9 Å². The van der Waals surface area contributed by atoms with Crippen LogP contribution in [-0.4, -0.2) is 18.4 Å². The van der Waals surface area contributed by atoms with Crippen LogP contribution in [0.5, 0.6) is 5.75 Å². The molecule has 1 aliphatic heterocycles. The molecule has 0 saturated carbocycles. The lowest BCUT2D eigenvalue weighted by molar-refractivity contribution is -0.119. The summed E-state index contributed by atoms with van der Waals surface area (Å²) >= 11 is 18.1. The van der Waals surface area contributed by atoms with Gasteiger partial charge in [-0.25, -0.2) is 4.90 Å². The van der Waals surface area contributed by atoms with Gasteiger partial charge in [0.25, 0.3) is 11.8 Å². The number of anilines is 1. The standard InChI is InChI=1S/C19H14Cl3NO3/c1-2-7-26-15-5-3-11(4-6-15)16-17(22)19(25)23(18(16)24)14-9-12(20)8-13(21)10-14/h3-6,8-10H,2,7H2,1H3. The molecule has 4 nitrogen and oxygen atoms in total. The molecule has 0 unspecified atom stereocenters. The molecule has 0 radical (unpaired) electrons. The SMILES string of the molecule is CCCOc1ccc(C2=C(Cl)C(=O)N(c3cc(Cl)cc(Cl)c3)C2=O)cc1. The zero-order valence-corrected chi connectivity index (χ0v) is 16.0. The number of amides is 2. The van der Waals surface area contributed by atoms with Crippen LogP contribution in [0, 0.1) is 0 Å². The molecule has 0 spiro atoms. The van der Waals surface area contributed by atoms with Crippen LogP contribution in [0.3, 0.4) is 0 Å². The van der Waals surface area contributed by atoms with Gasteiger partial charge in [-0.3, -0.25) is 9.59 Å². The normalized spacial score (nSPS) is 14.4. The first-order chi connectivity index (χ1) is 12.4. The average Bonchev–Trinajstić information content (AvgIpc) is 2.82. The Bertz CT molecular complexity index is 886. The van der Waals surface area contributed by atoms with Crippen molar-refractivity contribution in [3.05, 3.63) is 63.1 Å². The second kappa shape index (κ2) is 7.70. The van der Waals surface area contributed by atoms with Crippen molar-refractivity contribution in [3.8, 4) is 5.75 Å². The van der Waals surface area contributed by atoms with Gasteiger partial charge in [-0.05, 0) is 42.3 Å². The molecule has 26 heavy (non-hydrogen) atoms. The van der Waals surface area contributed by atoms with Crippen LogP contribution in [0.25, 0.3) is 5.57 Å². The fourth-order valence-corrected chi connectivity index (χ4v) is 3.38. The Morgan fingerprint density at radius 3 is 2.12 bits per heavy atom. The van der Waals surface area contributed by atoms with E-state index in [0.717, 1.165) is 11.3 Å². The zero-order chi connectivity index (χ0) is 18.8. The Morgan fingerprint density at radius 1 is 0.923 bits per heavy atom. The van der Waals surface area contributed by atoms with Crippen molar-refractivity contribution in [1.29, 1.82) is 0 Å². The van der Waals surface area contributed by atoms with Crippen LogP contribution in [0.15, 0.2) is 47.5 Å². The fraction of sp³-hybridized carbons (Fsp3) is 0.158. The lowest BCUT2D eigenvalue weighted by atomic mass is 10.1. The molecule has 0 bridgehead atoms. The summed E-state index contributed by atoms with van der Waals surface area (Å²) < 4.78 is 5.52. The molecular formula is C19H14Cl3NO3. The number of rotatable bonds is 5. The molecule has 0 aliphatic carbocycles. The Hall–Kier alpha value is -2.01. The molecule has 0 atom stereocenters. The first kappa shape index (κ1) is 18.8. The van der Waals surface area contributed by atoms with E-state index in [-0.39, 0.29) is 16.3 Å². The van der Waals surface area contributed by atoms with Gasteiger partial charge in [0.1, 0.15) is 10.8 Å².